The van der Waals surface area contributed by atoms with Crippen LogP contribution in [0.25, 0.3) is 0 Å². The fourth-order valence-electron chi connectivity index (χ4n) is 2.99. The second kappa shape index (κ2) is 4.34. The van der Waals surface area contributed by atoms with E-state index in [2.05, 4.69) is 5.32 Å². The Bertz CT molecular complexity index is 647. The number of amides is 3. The van der Waals surface area contributed by atoms with Gasteiger partial charge < -0.3 is 5.32 Å². The number of hydrogen-bond acceptors (Lipinski definition) is 3. The summed E-state index contributed by atoms with van der Waals surface area (Å²) in [6, 6.07) is 7.29. The Labute approximate surface area is 117 Å². The van der Waals surface area contributed by atoms with Crippen LogP contribution in [0.1, 0.15) is 30.0 Å². The SMILES string of the molecule is C[C@@]1(c2ccc3c(c2)CCC3)NC(=O)N(CC#N)C1=O. The molecule has 5 nitrogen and oxygen atoms in total. The quantitative estimate of drug-likeness (QED) is 0.652. The highest BCUT2D eigenvalue weighted by Gasteiger charge is 2.49. The molecule has 1 aromatic carbocycles. The highest BCUT2D eigenvalue weighted by atomic mass is 16.2. The zero-order chi connectivity index (χ0) is 14.3. The van der Waals surface area contributed by atoms with Crippen molar-refractivity contribution in [2.24, 2.45) is 0 Å². The van der Waals surface area contributed by atoms with Gasteiger partial charge in [0.15, 0.2) is 0 Å². The normalized spacial score (nSPS) is 24.5. The predicted octanol–water partition coefficient (Wildman–Crippen LogP) is 1.47. The lowest BCUT2D eigenvalue weighted by atomic mass is 9.90. The standard InChI is InChI=1S/C15H15N3O2/c1-15(13(19)18(8-7-16)14(20)17-15)12-6-5-10-3-2-4-11(10)9-12/h5-6,9H,2-4,8H2,1H3,(H,17,20)/t15-/m0/s1. The maximum Gasteiger partial charge on any atom is 0.326 e. The molecule has 1 saturated heterocycles. The second-order valence-corrected chi connectivity index (χ2v) is 5.44. The molecule has 2 aliphatic rings. The zero-order valence-electron chi connectivity index (χ0n) is 11.3. The first-order valence-electron chi connectivity index (χ1n) is 6.69. The van der Waals surface area contributed by atoms with E-state index in [1.165, 1.54) is 11.1 Å². The lowest BCUT2D eigenvalue weighted by Crippen LogP contribution is -2.41. The van der Waals surface area contributed by atoms with Crippen LogP contribution in [0.4, 0.5) is 4.79 Å². The summed E-state index contributed by atoms with van der Waals surface area (Å²) in [5, 5.41) is 11.4. The highest BCUT2D eigenvalue weighted by Crippen LogP contribution is 2.32. The van der Waals surface area contributed by atoms with Gasteiger partial charge in [0.25, 0.3) is 5.91 Å². The van der Waals surface area contributed by atoms with Crippen molar-refractivity contribution >= 4 is 11.9 Å². The van der Waals surface area contributed by atoms with E-state index in [9.17, 15) is 9.59 Å². The van der Waals surface area contributed by atoms with Gasteiger partial charge in [-0.1, -0.05) is 18.2 Å². The number of hydrogen-bond donors (Lipinski definition) is 1. The third-order valence-corrected chi connectivity index (χ3v) is 4.18. The summed E-state index contributed by atoms with van der Waals surface area (Å²) in [4.78, 5) is 25.2. The highest BCUT2D eigenvalue weighted by molar-refractivity contribution is 6.07. The molecule has 1 heterocycles. The number of benzene rings is 1. The summed E-state index contributed by atoms with van der Waals surface area (Å²) in [5.41, 5.74) is 2.30. The summed E-state index contributed by atoms with van der Waals surface area (Å²) in [6.07, 6.45) is 3.23. The summed E-state index contributed by atoms with van der Waals surface area (Å²) in [5.74, 6) is -0.359. The van der Waals surface area contributed by atoms with Crippen molar-refractivity contribution < 1.29 is 9.59 Å². The third-order valence-electron chi connectivity index (χ3n) is 4.18. The van der Waals surface area contributed by atoms with E-state index in [0.717, 1.165) is 29.7 Å². The first-order chi connectivity index (χ1) is 9.56. The van der Waals surface area contributed by atoms with Gasteiger partial charge in [0.1, 0.15) is 12.1 Å². The number of nitrogens with one attached hydrogen (secondary N) is 1. The molecule has 1 fully saturated rings. The van der Waals surface area contributed by atoms with E-state index in [-0.39, 0.29) is 12.5 Å². The molecule has 3 rings (SSSR count). The fourth-order valence-corrected chi connectivity index (χ4v) is 2.99. The zero-order valence-corrected chi connectivity index (χ0v) is 11.3. The average Bonchev–Trinajstić information content (AvgIpc) is 2.97. The van der Waals surface area contributed by atoms with Crippen LogP contribution in [0.2, 0.25) is 0 Å². The average molecular weight is 269 g/mol. The van der Waals surface area contributed by atoms with Crippen LogP contribution in [0, 0.1) is 11.3 Å². The second-order valence-electron chi connectivity index (χ2n) is 5.44. The van der Waals surface area contributed by atoms with Gasteiger partial charge in [-0.15, -0.1) is 0 Å². The molecule has 0 bridgehead atoms. The number of fused-ring (bicyclic) bond motifs is 1. The van der Waals surface area contributed by atoms with Crippen molar-refractivity contribution in [1.82, 2.24) is 10.2 Å². The van der Waals surface area contributed by atoms with E-state index in [4.69, 9.17) is 5.26 Å². The van der Waals surface area contributed by atoms with Crippen LogP contribution in [-0.2, 0) is 23.2 Å². The largest absolute Gasteiger partial charge is 0.326 e. The van der Waals surface area contributed by atoms with Crippen LogP contribution in [-0.4, -0.2) is 23.4 Å². The Hall–Kier alpha value is -2.35. The number of urea groups is 1. The van der Waals surface area contributed by atoms with Crippen LogP contribution in [0.15, 0.2) is 18.2 Å². The first kappa shape index (κ1) is 12.7. The Kier molecular flexibility index (Phi) is 2.75. The number of aryl methyl sites for hydroxylation is 2. The summed E-state index contributed by atoms with van der Waals surface area (Å²) >= 11 is 0. The molecule has 3 amide bonds. The van der Waals surface area contributed by atoms with E-state index < -0.39 is 11.6 Å². The molecule has 0 radical (unpaired) electrons. The van der Waals surface area contributed by atoms with Crippen molar-refractivity contribution in [2.45, 2.75) is 31.7 Å². The molecule has 5 heteroatoms. The number of carbonyl (C=O) groups is 2. The Balaban J connectivity index is 1.99. The van der Waals surface area contributed by atoms with Gasteiger partial charge in [0.2, 0.25) is 0 Å². The number of rotatable bonds is 2. The molecule has 0 aromatic heterocycles. The van der Waals surface area contributed by atoms with Gasteiger partial charge in [-0.2, -0.15) is 5.26 Å². The van der Waals surface area contributed by atoms with Gasteiger partial charge in [0, 0.05) is 0 Å². The van der Waals surface area contributed by atoms with Gasteiger partial charge in [-0.05, 0) is 42.9 Å². The maximum atomic E-state index is 12.4. The van der Waals surface area contributed by atoms with E-state index >= 15 is 0 Å². The number of carbonyl (C=O) groups excluding carboxylic acids is 2. The van der Waals surface area contributed by atoms with E-state index in [0.29, 0.717) is 0 Å². The molecule has 1 aliphatic heterocycles. The van der Waals surface area contributed by atoms with Crippen LogP contribution in [0.3, 0.4) is 0 Å². The van der Waals surface area contributed by atoms with Crippen LogP contribution in [0.5, 0.6) is 0 Å². The Morgan fingerprint density at radius 2 is 2.10 bits per heavy atom. The monoisotopic (exact) mass is 269 g/mol. The van der Waals surface area contributed by atoms with Gasteiger partial charge in [0.05, 0.1) is 6.07 Å². The maximum absolute atomic E-state index is 12.4. The Morgan fingerprint density at radius 1 is 1.35 bits per heavy atom. The molecular formula is C15H15N3O2. The minimum Gasteiger partial charge on any atom is -0.319 e. The van der Waals surface area contributed by atoms with Crippen molar-refractivity contribution in [3.05, 3.63) is 34.9 Å². The summed E-state index contributed by atoms with van der Waals surface area (Å²) in [6.45, 7) is 1.48. The van der Waals surface area contributed by atoms with Crippen molar-refractivity contribution in [3.8, 4) is 6.07 Å². The number of nitrogens with zero attached hydrogens (tertiary/aromatic N) is 2. The van der Waals surface area contributed by atoms with E-state index in [1.807, 2.05) is 24.3 Å². The minimum absolute atomic E-state index is 0.217. The van der Waals surface area contributed by atoms with Crippen LogP contribution < -0.4 is 5.32 Å². The molecular weight excluding hydrogens is 254 g/mol. The smallest absolute Gasteiger partial charge is 0.319 e. The molecule has 102 valence electrons. The molecule has 0 spiro atoms. The van der Waals surface area contributed by atoms with Crippen molar-refractivity contribution in [3.63, 3.8) is 0 Å². The lowest BCUT2D eigenvalue weighted by molar-refractivity contribution is -0.130. The molecule has 1 aromatic rings. The summed E-state index contributed by atoms with van der Waals surface area (Å²) < 4.78 is 0. The van der Waals surface area contributed by atoms with Crippen molar-refractivity contribution in [1.29, 1.82) is 5.26 Å². The fraction of sp³-hybridized carbons (Fsp3) is 0.400. The van der Waals surface area contributed by atoms with Crippen molar-refractivity contribution in [2.75, 3.05) is 6.54 Å². The van der Waals surface area contributed by atoms with Gasteiger partial charge >= 0.3 is 6.03 Å². The number of nitriles is 1. The number of imide groups is 1. The molecule has 20 heavy (non-hydrogen) atoms. The first-order valence-corrected chi connectivity index (χ1v) is 6.69. The third kappa shape index (κ3) is 1.68. The molecule has 0 saturated carbocycles. The van der Waals surface area contributed by atoms with Gasteiger partial charge in [-0.25, -0.2) is 9.69 Å². The Morgan fingerprint density at radius 3 is 2.85 bits per heavy atom. The molecule has 1 atom stereocenters. The summed E-state index contributed by atoms with van der Waals surface area (Å²) in [7, 11) is 0. The topological polar surface area (TPSA) is 73.2 Å². The molecule has 0 unspecified atom stereocenters. The molecule has 1 aliphatic carbocycles. The van der Waals surface area contributed by atoms with E-state index in [1.54, 1.807) is 6.92 Å². The minimum atomic E-state index is -1.06. The predicted molar refractivity (Wildman–Crippen MR) is 71.7 cm³/mol. The molecule has 1 N–H and O–H groups in total. The lowest BCUT2D eigenvalue weighted by Gasteiger charge is -2.22. The van der Waals surface area contributed by atoms with Gasteiger partial charge in [-0.3, -0.25) is 4.79 Å². The van der Waals surface area contributed by atoms with Crippen LogP contribution >= 0.6 is 0 Å².